The monoisotopic (exact) mass is 296 g/mol. The van der Waals surface area contributed by atoms with E-state index >= 15 is 0 Å². The summed E-state index contributed by atoms with van der Waals surface area (Å²) in [5, 5.41) is 0. The Balaban J connectivity index is 2.99. The second kappa shape index (κ2) is 17.3. The largest absolute Gasteiger partial charge is 0.469 e. The van der Waals surface area contributed by atoms with Crippen molar-refractivity contribution >= 4 is 5.97 Å². The molecule has 0 N–H and O–H groups in total. The van der Waals surface area contributed by atoms with Crippen LogP contribution in [0, 0.1) is 0 Å². The summed E-state index contributed by atoms with van der Waals surface area (Å²) >= 11 is 0. The lowest BCUT2D eigenvalue weighted by Crippen LogP contribution is -1.99. The first-order valence-electron chi connectivity index (χ1n) is 8.99. The van der Waals surface area contributed by atoms with Gasteiger partial charge in [-0.15, -0.1) is 6.58 Å². The highest BCUT2D eigenvalue weighted by molar-refractivity contribution is 5.68. The van der Waals surface area contributed by atoms with Crippen LogP contribution in [0.1, 0.15) is 96.3 Å². The molecular formula is C19H36O2. The Morgan fingerprint density at radius 2 is 1.14 bits per heavy atom. The average molecular weight is 296 g/mol. The van der Waals surface area contributed by atoms with E-state index in [1.807, 2.05) is 6.08 Å². The van der Waals surface area contributed by atoms with Crippen LogP contribution in [0.4, 0.5) is 0 Å². The van der Waals surface area contributed by atoms with E-state index in [1.54, 1.807) is 0 Å². The number of allylic oxidation sites excluding steroid dienone is 1. The van der Waals surface area contributed by atoms with Crippen LogP contribution >= 0.6 is 0 Å². The molecule has 0 rings (SSSR count). The molecule has 0 saturated carbocycles. The molecule has 0 fully saturated rings. The molecule has 0 aromatic carbocycles. The Morgan fingerprint density at radius 3 is 1.52 bits per heavy atom. The minimum Gasteiger partial charge on any atom is -0.469 e. The lowest BCUT2D eigenvalue weighted by atomic mass is 10.0. The quantitative estimate of drug-likeness (QED) is 0.193. The van der Waals surface area contributed by atoms with Crippen LogP contribution in [-0.4, -0.2) is 13.1 Å². The molecule has 0 heterocycles. The van der Waals surface area contributed by atoms with Crippen LogP contribution in [0.15, 0.2) is 12.7 Å². The summed E-state index contributed by atoms with van der Waals surface area (Å²) in [6.07, 6.45) is 21.0. The van der Waals surface area contributed by atoms with Crippen LogP contribution in [0.5, 0.6) is 0 Å². The lowest BCUT2D eigenvalue weighted by molar-refractivity contribution is -0.140. The van der Waals surface area contributed by atoms with Gasteiger partial charge in [0.1, 0.15) is 0 Å². The maximum absolute atomic E-state index is 10.9. The van der Waals surface area contributed by atoms with Crippen molar-refractivity contribution in [2.24, 2.45) is 0 Å². The number of esters is 1. The molecule has 0 aliphatic heterocycles. The molecular weight excluding hydrogens is 260 g/mol. The molecule has 0 aliphatic rings. The van der Waals surface area contributed by atoms with Gasteiger partial charge in [0.25, 0.3) is 0 Å². The summed E-state index contributed by atoms with van der Waals surface area (Å²) in [6, 6.07) is 0. The predicted octanol–water partition coefficient (Wildman–Crippen LogP) is 6.20. The van der Waals surface area contributed by atoms with E-state index in [0.717, 1.165) is 6.42 Å². The van der Waals surface area contributed by atoms with E-state index in [-0.39, 0.29) is 5.97 Å². The molecule has 0 atom stereocenters. The Hall–Kier alpha value is -0.790. The zero-order chi connectivity index (χ0) is 15.6. The van der Waals surface area contributed by atoms with Gasteiger partial charge in [0.05, 0.1) is 7.11 Å². The molecule has 0 aromatic heterocycles. The maximum Gasteiger partial charge on any atom is 0.305 e. The van der Waals surface area contributed by atoms with Gasteiger partial charge < -0.3 is 4.74 Å². The Bertz CT molecular complexity index is 236. The molecule has 0 spiro atoms. The molecule has 21 heavy (non-hydrogen) atoms. The van der Waals surface area contributed by atoms with Crippen molar-refractivity contribution in [3.63, 3.8) is 0 Å². The van der Waals surface area contributed by atoms with Gasteiger partial charge in [0.2, 0.25) is 0 Å². The van der Waals surface area contributed by atoms with E-state index < -0.39 is 0 Å². The second-order valence-electron chi connectivity index (χ2n) is 6.00. The third-order valence-electron chi connectivity index (χ3n) is 4.02. The highest BCUT2D eigenvalue weighted by Crippen LogP contribution is 2.13. The van der Waals surface area contributed by atoms with Crippen molar-refractivity contribution in [1.29, 1.82) is 0 Å². The van der Waals surface area contributed by atoms with E-state index in [9.17, 15) is 4.79 Å². The molecule has 0 saturated heterocycles. The van der Waals surface area contributed by atoms with E-state index in [2.05, 4.69) is 11.3 Å². The third kappa shape index (κ3) is 17.2. The zero-order valence-electron chi connectivity index (χ0n) is 14.2. The van der Waals surface area contributed by atoms with Crippen molar-refractivity contribution in [2.45, 2.75) is 96.3 Å². The number of ether oxygens (including phenoxy) is 1. The van der Waals surface area contributed by atoms with Gasteiger partial charge in [-0.05, 0) is 19.3 Å². The average Bonchev–Trinajstić information content (AvgIpc) is 2.50. The fourth-order valence-corrected chi connectivity index (χ4v) is 2.60. The molecule has 0 aliphatic carbocycles. The summed E-state index contributed by atoms with van der Waals surface area (Å²) in [6.45, 7) is 3.75. The van der Waals surface area contributed by atoms with E-state index in [1.165, 1.54) is 90.6 Å². The number of hydrogen-bond donors (Lipinski definition) is 0. The topological polar surface area (TPSA) is 26.3 Å². The molecule has 124 valence electrons. The van der Waals surface area contributed by atoms with Crippen molar-refractivity contribution < 1.29 is 9.53 Å². The minimum absolute atomic E-state index is 0.0699. The molecule has 2 nitrogen and oxygen atoms in total. The SMILES string of the molecule is C=CCCCCCCCCCCCCCCCC(=O)OC. The summed E-state index contributed by atoms with van der Waals surface area (Å²) in [7, 11) is 1.46. The van der Waals surface area contributed by atoms with Crippen molar-refractivity contribution in [2.75, 3.05) is 7.11 Å². The summed E-state index contributed by atoms with van der Waals surface area (Å²) in [5.41, 5.74) is 0. The smallest absolute Gasteiger partial charge is 0.305 e. The standard InChI is InChI=1S/C19H36O2/c1-3-4-5-6-7-8-9-10-11-12-13-14-15-16-17-18-19(20)21-2/h3H,1,4-18H2,2H3. The highest BCUT2D eigenvalue weighted by Gasteiger charge is 1.99. The number of unbranched alkanes of at least 4 members (excludes halogenated alkanes) is 13. The minimum atomic E-state index is -0.0699. The number of rotatable bonds is 16. The Labute approximate surface area is 132 Å². The van der Waals surface area contributed by atoms with Crippen molar-refractivity contribution in [3.05, 3.63) is 12.7 Å². The zero-order valence-corrected chi connectivity index (χ0v) is 14.2. The number of carbonyl (C=O) groups excluding carboxylic acids is 1. The fraction of sp³-hybridized carbons (Fsp3) is 0.842. The van der Waals surface area contributed by atoms with Gasteiger partial charge in [-0.25, -0.2) is 0 Å². The van der Waals surface area contributed by atoms with E-state index in [0.29, 0.717) is 6.42 Å². The van der Waals surface area contributed by atoms with Crippen LogP contribution in [0.3, 0.4) is 0 Å². The molecule has 2 heteroatoms. The first-order valence-corrected chi connectivity index (χ1v) is 8.99. The second-order valence-corrected chi connectivity index (χ2v) is 6.00. The van der Waals surface area contributed by atoms with Crippen LogP contribution < -0.4 is 0 Å². The van der Waals surface area contributed by atoms with Gasteiger partial charge in [-0.3, -0.25) is 4.79 Å². The van der Waals surface area contributed by atoms with Gasteiger partial charge in [-0.1, -0.05) is 76.7 Å². The van der Waals surface area contributed by atoms with Gasteiger partial charge in [-0.2, -0.15) is 0 Å². The number of carbonyl (C=O) groups is 1. The number of hydrogen-bond acceptors (Lipinski definition) is 2. The van der Waals surface area contributed by atoms with Gasteiger partial charge >= 0.3 is 5.97 Å². The summed E-state index contributed by atoms with van der Waals surface area (Å²) in [4.78, 5) is 10.9. The third-order valence-corrected chi connectivity index (χ3v) is 4.02. The predicted molar refractivity (Wildman–Crippen MR) is 91.5 cm³/mol. The van der Waals surface area contributed by atoms with Crippen LogP contribution in [-0.2, 0) is 9.53 Å². The molecule has 0 unspecified atom stereocenters. The Morgan fingerprint density at radius 1 is 0.762 bits per heavy atom. The van der Waals surface area contributed by atoms with Gasteiger partial charge in [0, 0.05) is 6.42 Å². The first-order chi connectivity index (χ1) is 10.3. The first kappa shape index (κ1) is 20.2. The van der Waals surface area contributed by atoms with E-state index in [4.69, 9.17) is 0 Å². The van der Waals surface area contributed by atoms with Crippen molar-refractivity contribution in [3.8, 4) is 0 Å². The number of methoxy groups -OCH3 is 1. The Kier molecular flexibility index (Phi) is 16.6. The van der Waals surface area contributed by atoms with Gasteiger partial charge in [0.15, 0.2) is 0 Å². The van der Waals surface area contributed by atoms with Crippen molar-refractivity contribution in [1.82, 2.24) is 0 Å². The maximum atomic E-state index is 10.9. The normalized spacial score (nSPS) is 10.5. The van der Waals surface area contributed by atoms with Crippen LogP contribution in [0.25, 0.3) is 0 Å². The molecule has 0 amide bonds. The molecule has 0 aromatic rings. The summed E-state index contributed by atoms with van der Waals surface area (Å²) in [5.74, 6) is -0.0699. The van der Waals surface area contributed by atoms with Crippen LogP contribution in [0.2, 0.25) is 0 Å². The fourth-order valence-electron chi connectivity index (χ4n) is 2.60. The lowest BCUT2D eigenvalue weighted by Gasteiger charge is -2.03. The highest BCUT2D eigenvalue weighted by atomic mass is 16.5. The molecule has 0 radical (unpaired) electrons. The molecule has 0 bridgehead atoms. The summed E-state index contributed by atoms with van der Waals surface area (Å²) < 4.78 is 4.63.